The first kappa shape index (κ1) is 26.5. The molecular weight excluding hydrogens is 683 g/mol. The minimum atomic E-state index is -5.08. The first-order valence-electron chi connectivity index (χ1n) is 9.94. The van der Waals surface area contributed by atoms with Crippen LogP contribution in [0.1, 0.15) is 36.6 Å². The smallest absolute Gasteiger partial charge is 0.471 e. The van der Waals surface area contributed by atoms with Crippen molar-refractivity contribution in [2.24, 2.45) is 0 Å². The highest BCUT2D eigenvalue weighted by Crippen LogP contribution is 2.41. The number of hydrogen-bond acceptors (Lipinski definition) is 5. The van der Waals surface area contributed by atoms with Gasteiger partial charge in [-0.05, 0) is 99.0 Å². The summed E-state index contributed by atoms with van der Waals surface area (Å²) in [7, 11) is 0. The normalized spacial score (nSPS) is 15.6. The fourth-order valence-electron chi connectivity index (χ4n) is 4.06. The first-order chi connectivity index (χ1) is 15.7. The van der Waals surface area contributed by atoms with Crippen molar-refractivity contribution in [1.82, 2.24) is 4.90 Å². The number of nitrogens with zero attached hydrogens (tertiary/aromatic N) is 2. The summed E-state index contributed by atoms with van der Waals surface area (Å²) >= 11 is 3.89. The molecule has 12 heteroatoms. The number of phenolic OH excluding ortho intramolecular Hbond substituents is 2. The zero-order valence-electron chi connectivity index (χ0n) is 17.9. The van der Waals surface area contributed by atoms with Gasteiger partial charge in [-0.3, -0.25) is 14.4 Å². The maximum absolute atomic E-state index is 13.3. The van der Waals surface area contributed by atoms with Gasteiger partial charge in [0.1, 0.15) is 0 Å². The number of benzene rings is 2. The number of alkyl halides is 3. The number of phenols is 2. The third-order valence-corrected chi connectivity index (χ3v) is 7.10. The summed E-state index contributed by atoms with van der Waals surface area (Å²) in [6, 6.07) is 4.70. The van der Waals surface area contributed by atoms with Gasteiger partial charge in [0.15, 0.2) is 11.5 Å². The van der Waals surface area contributed by atoms with Crippen molar-refractivity contribution >= 4 is 68.6 Å². The molecular formula is C22H19F3I2N2O5. The van der Waals surface area contributed by atoms with Crippen LogP contribution in [-0.2, 0) is 27.2 Å². The summed E-state index contributed by atoms with van der Waals surface area (Å²) in [6.07, 6.45) is -5.02. The molecule has 1 atom stereocenters. The van der Waals surface area contributed by atoms with E-state index in [0.29, 0.717) is 29.5 Å². The second-order valence-electron chi connectivity index (χ2n) is 7.79. The first-order valence-corrected chi connectivity index (χ1v) is 12.1. The number of halogens is 5. The molecule has 2 aromatic rings. The number of anilines is 1. The molecule has 2 N–H and O–H groups in total. The molecule has 0 radical (unpaired) electrons. The molecule has 0 bridgehead atoms. The van der Waals surface area contributed by atoms with E-state index >= 15 is 0 Å². The summed E-state index contributed by atoms with van der Waals surface area (Å²) < 4.78 is 41.1. The van der Waals surface area contributed by atoms with Crippen molar-refractivity contribution < 1.29 is 37.8 Å². The number of carbonyl (C=O) groups is 3. The van der Waals surface area contributed by atoms with E-state index in [1.54, 1.807) is 12.1 Å². The van der Waals surface area contributed by atoms with E-state index in [-0.39, 0.29) is 19.4 Å². The second kappa shape index (κ2) is 9.87. The highest BCUT2D eigenvalue weighted by atomic mass is 127. The predicted molar refractivity (Wildman–Crippen MR) is 133 cm³/mol. The molecule has 7 nitrogen and oxygen atoms in total. The molecule has 0 aromatic heterocycles. The van der Waals surface area contributed by atoms with Gasteiger partial charge in [-0.2, -0.15) is 13.2 Å². The van der Waals surface area contributed by atoms with E-state index in [0.717, 1.165) is 9.80 Å². The number of fused-ring (bicyclic) bond motifs is 1. The lowest BCUT2D eigenvalue weighted by atomic mass is 9.88. The zero-order chi connectivity index (χ0) is 25.5. The molecule has 0 aliphatic carbocycles. The molecule has 2 aromatic carbocycles. The van der Waals surface area contributed by atoms with Crippen LogP contribution in [0.4, 0.5) is 18.9 Å². The van der Waals surface area contributed by atoms with Crippen molar-refractivity contribution in [1.29, 1.82) is 0 Å². The van der Waals surface area contributed by atoms with Gasteiger partial charge < -0.3 is 15.1 Å². The van der Waals surface area contributed by atoms with E-state index in [4.69, 9.17) is 0 Å². The van der Waals surface area contributed by atoms with Crippen LogP contribution >= 0.6 is 45.2 Å². The number of hydrogen-bond donors (Lipinski definition) is 2. The van der Waals surface area contributed by atoms with E-state index in [1.807, 2.05) is 45.2 Å². The monoisotopic (exact) mass is 702 g/mol. The highest BCUT2D eigenvalue weighted by Gasteiger charge is 2.46. The molecule has 34 heavy (non-hydrogen) atoms. The van der Waals surface area contributed by atoms with Gasteiger partial charge in [-0.1, -0.05) is 0 Å². The molecule has 3 amide bonds. The average molecular weight is 702 g/mol. The van der Waals surface area contributed by atoms with Crippen LogP contribution in [0.15, 0.2) is 24.3 Å². The Balaban J connectivity index is 2.09. The lowest BCUT2D eigenvalue weighted by Crippen LogP contribution is -2.47. The molecule has 0 saturated heterocycles. The van der Waals surface area contributed by atoms with Crippen molar-refractivity contribution in [3.05, 3.63) is 48.1 Å². The Kier molecular flexibility index (Phi) is 7.70. The highest BCUT2D eigenvalue weighted by molar-refractivity contribution is 14.1. The van der Waals surface area contributed by atoms with Crippen LogP contribution in [0.5, 0.6) is 11.5 Å². The van der Waals surface area contributed by atoms with Crippen LogP contribution in [-0.4, -0.2) is 45.6 Å². The summed E-state index contributed by atoms with van der Waals surface area (Å²) in [5.41, 5.74) is 1.78. The van der Waals surface area contributed by atoms with Crippen molar-refractivity contribution in [2.75, 3.05) is 11.4 Å². The standard InChI is InChI=1S/C22H19F3I2N2O5/c1-10(30)29(11(2)31)20-15(26)5-12(6-16(20)27)7-17-14-9-19(33)18(32)8-13(14)3-4-28(17)21(34)22(23,24)25/h5-6,8-9,17,32-33H,3-4,7H2,1-2H3. The molecule has 0 saturated carbocycles. The third-order valence-electron chi connectivity index (χ3n) is 5.46. The molecule has 182 valence electrons. The number of rotatable bonds is 3. The Morgan fingerprint density at radius 3 is 2.06 bits per heavy atom. The fraction of sp³-hybridized carbons (Fsp3) is 0.318. The van der Waals surface area contributed by atoms with E-state index in [2.05, 4.69) is 0 Å². The average Bonchev–Trinajstić information content (AvgIpc) is 2.70. The van der Waals surface area contributed by atoms with Crippen LogP contribution in [0.2, 0.25) is 0 Å². The molecule has 0 spiro atoms. The number of carbonyl (C=O) groups excluding carboxylic acids is 3. The topological polar surface area (TPSA) is 98.2 Å². The fourth-order valence-corrected chi connectivity index (χ4v) is 6.44. The molecule has 1 heterocycles. The number of imide groups is 1. The van der Waals surface area contributed by atoms with Gasteiger partial charge >= 0.3 is 12.1 Å². The Morgan fingerprint density at radius 1 is 1.03 bits per heavy atom. The quantitative estimate of drug-likeness (QED) is 0.365. The molecule has 1 aliphatic heterocycles. The Hall–Kier alpha value is -2.10. The Bertz CT molecular complexity index is 1150. The van der Waals surface area contributed by atoms with Crippen LogP contribution in [0.3, 0.4) is 0 Å². The second-order valence-corrected chi connectivity index (χ2v) is 10.1. The maximum Gasteiger partial charge on any atom is 0.471 e. The van der Waals surface area contributed by atoms with Gasteiger partial charge in [-0.15, -0.1) is 0 Å². The van der Waals surface area contributed by atoms with E-state index < -0.39 is 41.4 Å². The maximum atomic E-state index is 13.3. The minimum Gasteiger partial charge on any atom is -0.504 e. The van der Waals surface area contributed by atoms with Gasteiger partial charge in [-0.25, -0.2) is 4.90 Å². The largest absolute Gasteiger partial charge is 0.504 e. The summed E-state index contributed by atoms with van der Waals surface area (Å²) in [4.78, 5) is 38.0. The lowest BCUT2D eigenvalue weighted by molar-refractivity contribution is -0.188. The van der Waals surface area contributed by atoms with Crippen molar-refractivity contribution in [3.63, 3.8) is 0 Å². The Morgan fingerprint density at radius 2 is 1.56 bits per heavy atom. The summed E-state index contributed by atoms with van der Waals surface area (Å²) in [5.74, 6) is -3.83. The van der Waals surface area contributed by atoms with E-state index in [9.17, 15) is 37.8 Å². The number of aromatic hydroxyl groups is 2. The lowest BCUT2D eigenvalue weighted by Gasteiger charge is -2.38. The van der Waals surface area contributed by atoms with Gasteiger partial charge in [0.2, 0.25) is 11.8 Å². The van der Waals surface area contributed by atoms with Gasteiger partial charge in [0.25, 0.3) is 0 Å². The van der Waals surface area contributed by atoms with Crippen molar-refractivity contribution in [3.8, 4) is 11.5 Å². The summed E-state index contributed by atoms with van der Waals surface area (Å²) in [5, 5.41) is 19.8. The van der Waals surface area contributed by atoms with Crippen molar-refractivity contribution in [2.45, 2.75) is 38.9 Å². The third kappa shape index (κ3) is 5.26. The Labute approximate surface area is 220 Å². The van der Waals surface area contributed by atoms with Gasteiger partial charge in [0.05, 0.1) is 11.7 Å². The van der Waals surface area contributed by atoms with E-state index in [1.165, 1.54) is 26.0 Å². The van der Waals surface area contributed by atoms with Crippen LogP contribution in [0, 0.1) is 7.14 Å². The van der Waals surface area contributed by atoms with Gasteiger partial charge in [0, 0.05) is 27.5 Å². The minimum absolute atomic E-state index is 0.0224. The van der Waals surface area contributed by atoms with Crippen LogP contribution in [0.25, 0.3) is 0 Å². The number of amides is 3. The molecule has 0 fully saturated rings. The molecule has 1 unspecified atom stereocenters. The summed E-state index contributed by atoms with van der Waals surface area (Å²) in [6.45, 7) is 2.29. The molecule has 3 rings (SSSR count). The predicted octanol–water partition coefficient (Wildman–Crippen LogP) is 4.44. The zero-order valence-corrected chi connectivity index (χ0v) is 22.2. The molecule has 1 aliphatic rings. The SMILES string of the molecule is CC(=O)N(C(C)=O)c1c(I)cc(CC2c3cc(O)c(O)cc3CCN2C(=O)C(F)(F)F)cc1I. The van der Waals surface area contributed by atoms with Crippen LogP contribution < -0.4 is 4.90 Å².